The number of carbonyl (C=O) groups excluding carboxylic acids is 1. The summed E-state index contributed by atoms with van der Waals surface area (Å²) < 4.78 is 14.9. The normalized spacial score (nSPS) is 10.8. The fourth-order valence-corrected chi connectivity index (χ4v) is 2.55. The molecule has 0 atom stereocenters. The fourth-order valence-electron chi connectivity index (χ4n) is 2.55. The number of hydrogen-bond donors (Lipinski definition) is 1. The Kier molecular flexibility index (Phi) is 4.12. The van der Waals surface area contributed by atoms with E-state index in [2.05, 4.69) is 10.3 Å². The van der Waals surface area contributed by atoms with Gasteiger partial charge in [-0.3, -0.25) is 14.0 Å². The Balaban J connectivity index is 1.95. The van der Waals surface area contributed by atoms with Gasteiger partial charge in [-0.1, -0.05) is 6.07 Å². The van der Waals surface area contributed by atoms with Crippen molar-refractivity contribution in [3.8, 4) is 0 Å². The maximum atomic E-state index is 13.4. The van der Waals surface area contributed by atoms with E-state index < -0.39 is 5.82 Å². The number of nitrogens with one attached hydrogen (secondary N) is 1. The first kappa shape index (κ1) is 15.9. The van der Waals surface area contributed by atoms with Crippen LogP contribution < -0.4 is 10.9 Å². The number of pyridine rings is 1. The lowest BCUT2D eigenvalue weighted by Crippen LogP contribution is -2.17. The molecule has 0 saturated heterocycles. The summed E-state index contributed by atoms with van der Waals surface area (Å²) in [6.07, 6.45) is 1.66. The van der Waals surface area contributed by atoms with Crippen LogP contribution in [0.4, 0.5) is 10.1 Å². The minimum absolute atomic E-state index is 0.167. The lowest BCUT2D eigenvalue weighted by Gasteiger charge is -2.11. The number of nitrogens with zero attached hydrogens (tertiary/aromatic N) is 2. The highest BCUT2D eigenvalue weighted by molar-refractivity contribution is 5.99. The van der Waals surface area contributed by atoms with Gasteiger partial charge in [-0.2, -0.15) is 0 Å². The average Bonchev–Trinajstić information content (AvgIpc) is 2.54. The SMILES string of the molecule is CC(=O)c1ccc(F)cc1NCc1cc(=O)n2cccc(C)c2n1. The molecular weight excluding hydrogens is 309 g/mol. The van der Waals surface area contributed by atoms with Crippen molar-refractivity contribution in [2.24, 2.45) is 0 Å². The Labute approximate surface area is 137 Å². The standard InChI is InChI=1S/C18H16FN3O2/c1-11-4-3-7-22-17(24)9-14(21-18(11)22)10-20-16-8-13(19)5-6-15(16)12(2)23/h3-9,20H,10H2,1-2H3. The lowest BCUT2D eigenvalue weighted by atomic mass is 10.1. The first-order valence-electron chi connectivity index (χ1n) is 7.48. The molecule has 0 fully saturated rings. The summed E-state index contributed by atoms with van der Waals surface area (Å²) in [5.41, 5.74) is 2.57. The molecule has 0 aliphatic rings. The molecular formula is C18H16FN3O2. The van der Waals surface area contributed by atoms with Crippen LogP contribution in [0, 0.1) is 12.7 Å². The largest absolute Gasteiger partial charge is 0.379 e. The molecule has 0 bridgehead atoms. The molecule has 0 saturated carbocycles. The number of benzene rings is 1. The van der Waals surface area contributed by atoms with E-state index in [4.69, 9.17) is 0 Å². The molecule has 2 heterocycles. The molecule has 5 nitrogen and oxygen atoms in total. The molecule has 24 heavy (non-hydrogen) atoms. The first-order chi connectivity index (χ1) is 11.5. The molecule has 1 N–H and O–H groups in total. The smallest absolute Gasteiger partial charge is 0.258 e. The van der Waals surface area contributed by atoms with E-state index in [1.54, 1.807) is 12.3 Å². The molecule has 6 heteroatoms. The van der Waals surface area contributed by atoms with E-state index in [1.165, 1.54) is 35.6 Å². The van der Waals surface area contributed by atoms with Crippen molar-refractivity contribution in [3.05, 3.63) is 75.6 Å². The minimum atomic E-state index is -0.440. The highest BCUT2D eigenvalue weighted by atomic mass is 19.1. The molecule has 0 unspecified atom stereocenters. The molecule has 0 radical (unpaired) electrons. The summed E-state index contributed by atoms with van der Waals surface area (Å²) in [7, 11) is 0. The van der Waals surface area contributed by atoms with Crippen LogP contribution in [-0.4, -0.2) is 15.2 Å². The summed E-state index contributed by atoms with van der Waals surface area (Å²) in [5, 5.41) is 2.99. The second-order valence-corrected chi connectivity index (χ2v) is 5.57. The Hall–Kier alpha value is -3.02. The number of anilines is 1. The van der Waals surface area contributed by atoms with Crippen molar-refractivity contribution in [3.63, 3.8) is 0 Å². The Morgan fingerprint density at radius 1 is 1.29 bits per heavy atom. The number of carbonyl (C=O) groups is 1. The van der Waals surface area contributed by atoms with Crippen LogP contribution in [0.3, 0.4) is 0 Å². The van der Waals surface area contributed by atoms with Gasteiger partial charge in [0.05, 0.1) is 12.2 Å². The number of Topliss-reactive ketones (excluding diaryl/α,β-unsaturated/α-hetero) is 1. The van der Waals surface area contributed by atoms with Crippen molar-refractivity contribution in [1.29, 1.82) is 0 Å². The van der Waals surface area contributed by atoms with Crippen LogP contribution in [0.15, 0.2) is 47.4 Å². The van der Waals surface area contributed by atoms with Crippen molar-refractivity contribution in [1.82, 2.24) is 9.38 Å². The molecule has 0 aliphatic heterocycles. The number of halogens is 1. The Bertz CT molecular complexity index is 995. The monoisotopic (exact) mass is 325 g/mol. The van der Waals surface area contributed by atoms with E-state index in [1.807, 2.05) is 13.0 Å². The van der Waals surface area contributed by atoms with Crippen LogP contribution in [0.25, 0.3) is 5.65 Å². The zero-order valence-corrected chi connectivity index (χ0v) is 13.3. The van der Waals surface area contributed by atoms with Gasteiger partial charge in [0.2, 0.25) is 0 Å². The summed E-state index contributed by atoms with van der Waals surface area (Å²) in [5.74, 6) is -0.607. The zero-order valence-electron chi connectivity index (χ0n) is 13.3. The van der Waals surface area contributed by atoms with Crippen LogP contribution in [-0.2, 0) is 6.54 Å². The van der Waals surface area contributed by atoms with Crippen LogP contribution in [0.1, 0.15) is 28.5 Å². The van der Waals surface area contributed by atoms with E-state index in [9.17, 15) is 14.0 Å². The Morgan fingerprint density at radius 2 is 2.08 bits per heavy atom. The van der Waals surface area contributed by atoms with E-state index >= 15 is 0 Å². The second kappa shape index (κ2) is 6.23. The van der Waals surface area contributed by atoms with E-state index in [0.717, 1.165) is 5.56 Å². The highest BCUT2D eigenvalue weighted by Gasteiger charge is 2.10. The van der Waals surface area contributed by atoms with Crippen LogP contribution >= 0.6 is 0 Å². The number of rotatable bonds is 4. The van der Waals surface area contributed by atoms with Crippen molar-refractivity contribution in [2.45, 2.75) is 20.4 Å². The average molecular weight is 325 g/mol. The molecule has 0 spiro atoms. The third kappa shape index (κ3) is 3.03. The molecule has 0 amide bonds. The maximum absolute atomic E-state index is 13.4. The van der Waals surface area contributed by atoms with Gasteiger partial charge in [0.1, 0.15) is 11.5 Å². The summed E-state index contributed by atoms with van der Waals surface area (Å²) >= 11 is 0. The third-order valence-electron chi connectivity index (χ3n) is 3.76. The second-order valence-electron chi connectivity index (χ2n) is 5.57. The summed E-state index contributed by atoms with van der Waals surface area (Å²) in [4.78, 5) is 28.3. The van der Waals surface area contributed by atoms with Crippen molar-refractivity contribution in [2.75, 3.05) is 5.32 Å². The topological polar surface area (TPSA) is 63.5 Å². The summed E-state index contributed by atoms with van der Waals surface area (Å²) in [6.45, 7) is 3.51. The molecule has 2 aromatic heterocycles. The van der Waals surface area contributed by atoms with E-state index in [-0.39, 0.29) is 17.9 Å². The van der Waals surface area contributed by atoms with Gasteiger partial charge in [0, 0.05) is 23.5 Å². The number of aromatic nitrogens is 2. The molecule has 3 aromatic rings. The maximum Gasteiger partial charge on any atom is 0.258 e. The van der Waals surface area contributed by atoms with Gasteiger partial charge in [0.25, 0.3) is 5.56 Å². The lowest BCUT2D eigenvalue weighted by molar-refractivity contribution is 0.101. The van der Waals surface area contributed by atoms with E-state index in [0.29, 0.717) is 22.6 Å². The third-order valence-corrected chi connectivity index (χ3v) is 3.76. The van der Waals surface area contributed by atoms with Crippen molar-refractivity contribution < 1.29 is 9.18 Å². The van der Waals surface area contributed by atoms with Gasteiger partial charge in [-0.15, -0.1) is 0 Å². The minimum Gasteiger partial charge on any atom is -0.379 e. The predicted octanol–water partition coefficient (Wildman–Crippen LogP) is 2.96. The number of aryl methyl sites for hydroxylation is 1. The molecule has 122 valence electrons. The van der Waals surface area contributed by atoms with Gasteiger partial charge in [-0.05, 0) is 43.7 Å². The fraction of sp³-hybridized carbons (Fsp3) is 0.167. The molecule has 1 aromatic carbocycles. The quantitative estimate of drug-likeness (QED) is 0.749. The van der Waals surface area contributed by atoms with Crippen LogP contribution in [0.2, 0.25) is 0 Å². The van der Waals surface area contributed by atoms with Crippen molar-refractivity contribution >= 4 is 17.1 Å². The predicted molar refractivity (Wildman–Crippen MR) is 89.9 cm³/mol. The zero-order chi connectivity index (χ0) is 17.3. The van der Waals surface area contributed by atoms with Crippen LogP contribution in [0.5, 0.6) is 0 Å². The number of hydrogen-bond acceptors (Lipinski definition) is 4. The molecule has 0 aliphatic carbocycles. The molecule has 3 rings (SSSR count). The summed E-state index contributed by atoms with van der Waals surface area (Å²) in [6, 6.07) is 9.02. The van der Waals surface area contributed by atoms with Gasteiger partial charge in [0.15, 0.2) is 5.78 Å². The van der Waals surface area contributed by atoms with Gasteiger partial charge in [-0.25, -0.2) is 9.37 Å². The van der Waals surface area contributed by atoms with Gasteiger partial charge < -0.3 is 5.32 Å². The highest BCUT2D eigenvalue weighted by Crippen LogP contribution is 2.18. The first-order valence-corrected chi connectivity index (χ1v) is 7.48. The number of ketones is 1. The Morgan fingerprint density at radius 3 is 2.83 bits per heavy atom. The number of fused-ring (bicyclic) bond motifs is 1. The van der Waals surface area contributed by atoms with Gasteiger partial charge >= 0.3 is 0 Å².